The third-order valence-electron chi connectivity index (χ3n) is 4.60. The molecule has 6 nitrogen and oxygen atoms in total. The van der Waals surface area contributed by atoms with Gasteiger partial charge in [0.15, 0.2) is 0 Å². The number of carbonyl (C=O) groups is 1. The van der Waals surface area contributed by atoms with E-state index in [1.54, 1.807) is 19.4 Å². The second-order valence-electron chi connectivity index (χ2n) is 6.46. The predicted octanol–water partition coefficient (Wildman–Crippen LogP) is 4.93. The first-order valence-electron chi connectivity index (χ1n) is 9.66. The van der Waals surface area contributed by atoms with Gasteiger partial charge in [0.2, 0.25) is 0 Å². The van der Waals surface area contributed by atoms with Crippen molar-refractivity contribution in [3.05, 3.63) is 72.6 Å². The van der Waals surface area contributed by atoms with Crippen LogP contribution in [0, 0.1) is 0 Å². The zero-order valence-corrected chi connectivity index (χ0v) is 17.0. The largest absolute Gasteiger partial charge is 0.497 e. The topological polar surface area (TPSA) is 66.5 Å². The molecule has 29 heavy (non-hydrogen) atoms. The lowest BCUT2D eigenvalue weighted by molar-refractivity contribution is 0.102. The van der Waals surface area contributed by atoms with Crippen molar-refractivity contribution in [3.8, 4) is 5.75 Å². The van der Waals surface area contributed by atoms with E-state index >= 15 is 0 Å². The van der Waals surface area contributed by atoms with Gasteiger partial charge in [0.25, 0.3) is 5.91 Å². The van der Waals surface area contributed by atoms with E-state index in [2.05, 4.69) is 34.4 Å². The molecular weight excluding hydrogens is 364 g/mol. The number of hydrogen-bond donors (Lipinski definition) is 2. The number of hydrogen-bond acceptors (Lipinski definition) is 5. The number of methoxy groups -OCH3 is 1. The fourth-order valence-electron chi connectivity index (χ4n) is 3.04. The lowest BCUT2D eigenvalue weighted by Crippen LogP contribution is -2.21. The van der Waals surface area contributed by atoms with Crippen molar-refractivity contribution in [2.75, 3.05) is 35.7 Å². The number of amides is 1. The molecule has 2 N–H and O–H groups in total. The molecule has 2 aromatic carbocycles. The predicted molar refractivity (Wildman–Crippen MR) is 118 cm³/mol. The molecule has 0 unspecified atom stereocenters. The Morgan fingerprint density at radius 3 is 2.38 bits per heavy atom. The Bertz CT molecular complexity index is 953. The molecule has 1 heterocycles. The van der Waals surface area contributed by atoms with E-state index in [1.807, 2.05) is 54.6 Å². The summed E-state index contributed by atoms with van der Waals surface area (Å²) < 4.78 is 5.24. The van der Waals surface area contributed by atoms with Crippen molar-refractivity contribution in [3.63, 3.8) is 0 Å². The van der Waals surface area contributed by atoms with E-state index in [0.717, 1.165) is 41.6 Å². The standard InChI is InChI=1S/C23H26N4O2/c1-4-27(5-2)20-11-9-17(10-12-20)26-23(28)22-16-19(13-14-24-22)25-18-7-6-8-21(15-18)29-3/h6-16H,4-5H2,1-3H3,(H,24,25)(H,26,28). The summed E-state index contributed by atoms with van der Waals surface area (Å²) in [4.78, 5) is 19.1. The second-order valence-corrected chi connectivity index (χ2v) is 6.46. The van der Waals surface area contributed by atoms with E-state index in [0.29, 0.717) is 5.69 Å². The lowest BCUT2D eigenvalue weighted by Gasteiger charge is -2.21. The number of benzene rings is 2. The van der Waals surface area contributed by atoms with Crippen LogP contribution in [-0.4, -0.2) is 31.1 Å². The van der Waals surface area contributed by atoms with Crippen LogP contribution in [0.5, 0.6) is 5.75 Å². The van der Waals surface area contributed by atoms with E-state index in [-0.39, 0.29) is 5.91 Å². The van der Waals surface area contributed by atoms with Gasteiger partial charge in [-0.15, -0.1) is 0 Å². The van der Waals surface area contributed by atoms with Crippen LogP contribution in [0.4, 0.5) is 22.7 Å². The summed E-state index contributed by atoms with van der Waals surface area (Å²) in [5.74, 6) is 0.505. The molecule has 0 aliphatic rings. The molecule has 0 spiro atoms. The molecule has 0 fully saturated rings. The minimum Gasteiger partial charge on any atom is -0.497 e. The zero-order chi connectivity index (χ0) is 20.6. The maximum Gasteiger partial charge on any atom is 0.274 e. The van der Waals surface area contributed by atoms with E-state index in [4.69, 9.17) is 4.74 Å². The van der Waals surface area contributed by atoms with Gasteiger partial charge in [0, 0.05) is 48.1 Å². The fourth-order valence-corrected chi connectivity index (χ4v) is 3.04. The van der Waals surface area contributed by atoms with Gasteiger partial charge in [-0.05, 0) is 62.4 Å². The number of aromatic nitrogens is 1. The molecule has 1 amide bonds. The average molecular weight is 390 g/mol. The molecule has 3 rings (SSSR count). The lowest BCUT2D eigenvalue weighted by atomic mass is 10.2. The van der Waals surface area contributed by atoms with Gasteiger partial charge in [-0.1, -0.05) is 6.07 Å². The Kier molecular flexibility index (Phi) is 6.68. The normalized spacial score (nSPS) is 10.3. The highest BCUT2D eigenvalue weighted by Gasteiger charge is 2.10. The molecule has 3 aromatic rings. The van der Waals surface area contributed by atoms with Crippen LogP contribution in [-0.2, 0) is 0 Å². The minimum absolute atomic E-state index is 0.255. The van der Waals surface area contributed by atoms with Gasteiger partial charge < -0.3 is 20.3 Å². The summed E-state index contributed by atoms with van der Waals surface area (Å²) in [6.45, 7) is 6.13. The molecule has 150 valence electrons. The summed E-state index contributed by atoms with van der Waals surface area (Å²) in [7, 11) is 1.63. The van der Waals surface area contributed by atoms with Crippen molar-refractivity contribution in [1.82, 2.24) is 4.98 Å². The number of ether oxygens (including phenoxy) is 1. The smallest absolute Gasteiger partial charge is 0.274 e. The summed E-state index contributed by atoms with van der Waals surface area (Å²) in [5.41, 5.74) is 3.85. The number of nitrogens with one attached hydrogen (secondary N) is 2. The summed E-state index contributed by atoms with van der Waals surface area (Å²) in [6.07, 6.45) is 1.61. The molecule has 0 bridgehead atoms. The van der Waals surface area contributed by atoms with Gasteiger partial charge in [-0.2, -0.15) is 0 Å². The Hall–Kier alpha value is -3.54. The first-order valence-corrected chi connectivity index (χ1v) is 9.66. The highest BCUT2D eigenvalue weighted by molar-refractivity contribution is 6.03. The van der Waals surface area contributed by atoms with Crippen LogP contribution in [0.3, 0.4) is 0 Å². The van der Waals surface area contributed by atoms with Gasteiger partial charge in [-0.25, -0.2) is 0 Å². The van der Waals surface area contributed by atoms with E-state index in [1.165, 1.54) is 0 Å². The van der Waals surface area contributed by atoms with Crippen molar-refractivity contribution >= 4 is 28.7 Å². The van der Waals surface area contributed by atoms with Crippen LogP contribution in [0.2, 0.25) is 0 Å². The van der Waals surface area contributed by atoms with Crippen LogP contribution in [0.25, 0.3) is 0 Å². The summed E-state index contributed by atoms with van der Waals surface area (Å²) in [6, 6.07) is 19.0. The van der Waals surface area contributed by atoms with Gasteiger partial charge in [-0.3, -0.25) is 9.78 Å². The third-order valence-corrected chi connectivity index (χ3v) is 4.60. The Morgan fingerprint density at radius 1 is 0.966 bits per heavy atom. The van der Waals surface area contributed by atoms with Crippen molar-refractivity contribution < 1.29 is 9.53 Å². The molecule has 0 aliphatic heterocycles. The molecule has 6 heteroatoms. The van der Waals surface area contributed by atoms with Crippen molar-refractivity contribution in [2.45, 2.75) is 13.8 Å². The summed E-state index contributed by atoms with van der Waals surface area (Å²) in [5, 5.41) is 6.17. The van der Waals surface area contributed by atoms with Crippen molar-refractivity contribution in [2.24, 2.45) is 0 Å². The van der Waals surface area contributed by atoms with E-state index in [9.17, 15) is 4.79 Å². The van der Waals surface area contributed by atoms with E-state index < -0.39 is 0 Å². The monoisotopic (exact) mass is 390 g/mol. The quantitative estimate of drug-likeness (QED) is 0.571. The summed E-state index contributed by atoms with van der Waals surface area (Å²) >= 11 is 0. The van der Waals surface area contributed by atoms with Crippen molar-refractivity contribution in [1.29, 1.82) is 0 Å². The molecule has 0 aliphatic carbocycles. The molecule has 0 radical (unpaired) electrons. The van der Waals surface area contributed by atoms with Gasteiger partial charge >= 0.3 is 0 Å². The Morgan fingerprint density at radius 2 is 1.69 bits per heavy atom. The molecule has 1 aromatic heterocycles. The second kappa shape index (κ2) is 9.59. The zero-order valence-electron chi connectivity index (χ0n) is 17.0. The number of nitrogens with zero attached hydrogens (tertiary/aromatic N) is 2. The molecule has 0 saturated carbocycles. The first kappa shape index (κ1) is 20.2. The molecular formula is C23H26N4O2. The number of carbonyl (C=O) groups excluding carboxylic acids is 1. The Labute approximate surface area is 171 Å². The van der Waals surface area contributed by atoms with Gasteiger partial charge in [0.05, 0.1) is 7.11 Å². The van der Waals surface area contributed by atoms with Gasteiger partial charge in [0.1, 0.15) is 11.4 Å². The highest BCUT2D eigenvalue weighted by atomic mass is 16.5. The Balaban J connectivity index is 1.69. The maximum atomic E-state index is 12.6. The van der Waals surface area contributed by atoms with Crippen LogP contribution < -0.4 is 20.3 Å². The fraction of sp³-hybridized carbons (Fsp3) is 0.217. The first-order chi connectivity index (χ1) is 14.1. The minimum atomic E-state index is -0.255. The van der Waals surface area contributed by atoms with Crippen LogP contribution in [0.1, 0.15) is 24.3 Å². The molecule has 0 saturated heterocycles. The van der Waals surface area contributed by atoms with Crippen LogP contribution in [0.15, 0.2) is 66.9 Å². The molecule has 0 atom stereocenters. The maximum absolute atomic E-state index is 12.6. The number of anilines is 4. The number of pyridine rings is 1. The highest BCUT2D eigenvalue weighted by Crippen LogP contribution is 2.22. The average Bonchev–Trinajstić information content (AvgIpc) is 2.76. The number of rotatable bonds is 8. The van der Waals surface area contributed by atoms with Crippen LogP contribution >= 0.6 is 0 Å². The third kappa shape index (κ3) is 5.25. The SMILES string of the molecule is CCN(CC)c1ccc(NC(=O)c2cc(Nc3cccc(OC)c3)ccn2)cc1.